The highest BCUT2D eigenvalue weighted by atomic mass is 16.4. The van der Waals surface area contributed by atoms with Crippen LogP contribution in [0.25, 0.3) is 0 Å². The smallest absolute Gasteiger partial charge is 0.305 e. The van der Waals surface area contributed by atoms with Crippen molar-refractivity contribution < 1.29 is 14.7 Å². The zero-order valence-electron chi connectivity index (χ0n) is 11.2. The van der Waals surface area contributed by atoms with E-state index in [-0.39, 0.29) is 12.3 Å². The molecule has 0 bridgehead atoms. The van der Waals surface area contributed by atoms with Crippen molar-refractivity contribution in [2.24, 2.45) is 0 Å². The van der Waals surface area contributed by atoms with E-state index in [0.29, 0.717) is 13.1 Å². The highest BCUT2D eigenvalue weighted by molar-refractivity contribution is 5.90. The number of aryl methyl sites for hydroxylation is 1. The molecule has 19 heavy (non-hydrogen) atoms. The van der Waals surface area contributed by atoms with Crippen molar-refractivity contribution in [1.29, 1.82) is 0 Å². The van der Waals surface area contributed by atoms with E-state index in [1.807, 2.05) is 36.1 Å². The van der Waals surface area contributed by atoms with Crippen molar-refractivity contribution in [3.63, 3.8) is 0 Å². The molecular weight excluding hydrogens is 244 g/mol. The summed E-state index contributed by atoms with van der Waals surface area (Å²) in [5.41, 5.74) is 2.04. The summed E-state index contributed by atoms with van der Waals surface area (Å²) in [7, 11) is 1.71. The number of carboxylic acid groups (broad SMARTS) is 1. The molecule has 1 aliphatic heterocycles. The normalized spacial score (nSPS) is 19.7. The zero-order valence-corrected chi connectivity index (χ0v) is 11.2. The van der Waals surface area contributed by atoms with Gasteiger partial charge in [-0.25, -0.2) is 0 Å². The van der Waals surface area contributed by atoms with Crippen LogP contribution in [0, 0.1) is 6.92 Å². The molecule has 0 aliphatic carbocycles. The number of rotatable bonds is 3. The number of carbonyl (C=O) groups excluding carboxylic acids is 1. The van der Waals surface area contributed by atoms with Gasteiger partial charge >= 0.3 is 5.97 Å². The summed E-state index contributed by atoms with van der Waals surface area (Å²) in [6.07, 6.45) is -0.170. The molecule has 1 aromatic rings. The van der Waals surface area contributed by atoms with Crippen LogP contribution < -0.4 is 4.90 Å². The fourth-order valence-electron chi connectivity index (χ4n) is 2.32. The van der Waals surface area contributed by atoms with Gasteiger partial charge in [-0.15, -0.1) is 0 Å². The first kappa shape index (κ1) is 13.4. The summed E-state index contributed by atoms with van der Waals surface area (Å²) in [5, 5.41) is 8.98. The molecule has 1 unspecified atom stereocenters. The van der Waals surface area contributed by atoms with Gasteiger partial charge in [-0.05, 0) is 19.1 Å². The van der Waals surface area contributed by atoms with E-state index in [2.05, 4.69) is 0 Å². The fraction of sp³-hybridized carbons (Fsp3) is 0.429. The standard InChI is InChI=1S/C14H18N2O3/c1-10-3-5-11(6-4-10)16-8-7-15(2)14(19)12(16)9-13(17)18/h3-6,12H,7-9H2,1-2H3,(H,17,18). The highest BCUT2D eigenvalue weighted by Crippen LogP contribution is 2.23. The van der Waals surface area contributed by atoms with Gasteiger partial charge in [0, 0.05) is 25.8 Å². The largest absolute Gasteiger partial charge is 0.481 e. The van der Waals surface area contributed by atoms with Gasteiger partial charge < -0.3 is 14.9 Å². The van der Waals surface area contributed by atoms with Crippen molar-refractivity contribution in [3.05, 3.63) is 29.8 Å². The number of likely N-dealkylation sites (N-methyl/N-ethyl adjacent to an activating group) is 1. The van der Waals surface area contributed by atoms with Gasteiger partial charge in [0.1, 0.15) is 6.04 Å². The molecule has 1 atom stereocenters. The van der Waals surface area contributed by atoms with Crippen molar-refractivity contribution in [3.8, 4) is 0 Å². The molecule has 2 rings (SSSR count). The minimum Gasteiger partial charge on any atom is -0.481 e. The Labute approximate surface area is 112 Å². The lowest BCUT2D eigenvalue weighted by Gasteiger charge is -2.40. The highest BCUT2D eigenvalue weighted by Gasteiger charge is 2.34. The zero-order chi connectivity index (χ0) is 14.0. The van der Waals surface area contributed by atoms with E-state index >= 15 is 0 Å². The third-order valence-corrected chi connectivity index (χ3v) is 3.45. The molecule has 0 spiro atoms. The van der Waals surface area contributed by atoms with Gasteiger partial charge in [0.15, 0.2) is 0 Å². The van der Waals surface area contributed by atoms with Crippen LogP contribution in [-0.2, 0) is 9.59 Å². The molecule has 5 nitrogen and oxygen atoms in total. The monoisotopic (exact) mass is 262 g/mol. The van der Waals surface area contributed by atoms with E-state index in [1.54, 1.807) is 11.9 Å². The average molecular weight is 262 g/mol. The predicted octanol–water partition coefficient (Wildman–Crippen LogP) is 1.12. The second-order valence-electron chi connectivity index (χ2n) is 4.90. The Hall–Kier alpha value is -2.04. The first-order chi connectivity index (χ1) is 8.99. The Balaban J connectivity index is 2.28. The second-order valence-corrected chi connectivity index (χ2v) is 4.90. The molecule has 1 N–H and O–H groups in total. The number of aliphatic carboxylic acids is 1. The first-order valence-corrected chi connectivity index (χ1v) is 6.29. The van der Waals surface area contributed by atoms with Crippen LogP contribution in [0.15, 0.2) is 24.3 Å². The molecular formula is C14H18N2O3. The van der Waals surface area contributed by atoms with Gasteiger partial charge in [-0.1, -0.05) is 17.7 Å². The Morgan fingerprint density at radius 3 is 2.53 bits per heavy atom. The fourth-order valence-corrected chi connectivity index (χ4v) is 2.32. The summed E-state index contributed by atoms with van der Waals surface area (Å²) in [6, 6.07) is 7.19. The molecule has 0 saturated carbocycles. The topological polar surface area (TPSA) is 60.9 Å². The molecule has 1 aromatic carbocycles. The Morgan fingerprint density at radius 1 is 1.32 bits per heavy atom. The maximum absolute atomic E-state index is 12.1. The van der Waals surface area contributed by atoms with Crippen molar-refractivity contribution in [1.82, 2.24) is 4.90 Å². The predicted molar refractivity (Wildman–Crippen MR) is 72.2 cm³/mol. The van der Waals surface area contributed by atoms with Crippen LogP contribution in [-0.4, -0.2) is 48.1 Å². The minimum atomic E-state index is -0.953. The number of hydrogen-bond acceptors (Lipinski definition) is 3. The molecule has 1 heterocycles. The van der Waals surface area contributed by atoms with E-state index in [9.17, 15) is 9.59 Å². The molecule has 0 radical (unpaired) electrons. The molecule has 1 amide bonds. The molecule has 0 aromatic heterocycles. The van der Waals surface area contributed by atoms with Crippen LogP contribution in [0.4, 0.5) is 5.69 Å². The van der Waals surface area contributed by atoms with Crippen molar-refractivity contribution >= 4 is 17.6 Å². The van der Waals surface area contributed by atoms with Gasteiger partial charge in [-0.2, -0.15) is 0 Å². The first-order valence-electron chi connectivity index (χ1n) is 6.29. The molecule has 1 aliphatic rings. The number of amides is 1. The number of hydrogen-bond donors (Lipinski definition) is 1. The maximum atomic E-state index is 12.1. The second kappa shape index (κ2) is 5.30. The van der Waals surface area contributed by atoms with Gasteiger partial charge in [0.05, 0.1) is 6.42 Å². The number of carboxylic acids is 1. The number of nitrogens with zero attached hydrogens (tertiary/aromatic N) is 2. The number of piperazine rings is 1. The maximum Gasteiger partial charge on any atom is 0.305 e. The van der Waals surface area contributed by atoms with Crippen LogP contribution >= 0.6 is 0 Å². The Kier molecular flexibility index (Phi) is 3.74. The molecule has 1 fully saturated rings. The lowest BCUT2D eigenvalue weighted by Crippen LogP contribution is -2.56. The van der Waals surface area contributed by atoms with E-state index < -0.39 is 12.0 Å². The number of benzene rings is 1. The molecule has 1 saturated heterocycles. The van der Waals surface area contributed by atoms with Gasteiger partial charge in [-0.3, -0.25) is 9.59 Å². The number of anilines is 1. The Bertz CT molecular complexity index is 484. The van der Waals surface area contributed by atoms with Gasteiger partial charge in [0.2, 0.25) is 5.91 Å². The van der Waals surface area contributed by atoms with Crippen LogP contribution in [0.5, 0.6) is 0 Å². The summed E-state index contributed by atoms with van der Waals surface area (Å²) in [6.45, 7) is 3.26. The van der Waals surface area contributed by atoms with E-state index in [0.717, 1.165) is 11.3 Å². The lowest BCUT2D eigenvalue weighted by atomic mass is 10.1. The van der Waals surface area contributed by atoms with Crippen LogP contribution in [0.3, 0.4) is 0 Å². The average Bonchev–Trinajstić information content (AvgIpc) is 2.36. The third-order valence-electron chi connectivity index (χ3n) is 3.45. The Morgan fingerprint density at radius 2 is 1.95 bits per heavy atom. The SMILES string of the molecule is Cc1ccc(N2CCN(C)C(=O)C2CC(=O)O)cc1. The quantitative estimate of drug-likeness (QED) is 0.886. The van der Waals surface area contributed by atoms with Crippen molar-refractivity contribution in [2.75, 3.05) is 25.0 Å². The molecule has 102 valence electrons. The summed E-state index contributed by atoms with van der Waals surface area (Å²) < 4.78 is 0. The minimum absolute atomic E-state index is 0.130. The number of carbonyl (C=O) groups is 2. The van der Waals surface area contributed by atoms with Crippen molar-refractivity contribution in [2.45, 2.75) is 19.4 Å². The summed E-state index contributed by atoms with van der Waals surface area (Å²) >= 11 is 0. The van der Waals surface area contributed by atoms with Crippen LogP contribution in [0.1, 0.15) is 12.0 Å². The van der Waals surface area contributed by atoms with E-state index in [4.69, 9.17) is 5.11 Å². The summed E-state index contributed by atoms with van der Waals surface area (Å²) in [4.78, 5) is 26.6. The molecule has 5 heteroatoms. The lowest BCUT2D eigenvalue weighted by molar-refractivity contribution is -0.142. The van der Waals surface area contributed by atoms with E-state index in [1.165, 1.54) is 0 Å². The third kappa shape index (κ3) is 2.86. The van der Waals surface area contributed by atoms with Gasteiger partial charge in [0.25, 0.3) is 0 Å². The van der Waals surface area contributed by atoms with Crippen LogP contribution in [0.2, 0.25) is 0 Å². The summed E-state index contributed by atoms with van der Waals surface area (Å²) in [5.74, 6) is -1.08.